The first kappa shape index (κ1) is 21.1. The maximum absolute atomic E-state index is 12.5. The predicted molar refractivity (Wildman–Crippen MR) is 117 cm³/mol. The summed E-state index contributed by atoms with van der Waals surface area (Å²) in [5.74, 6) is 1.90. The van der Waals surface area contributed by atoms with Gasteiger partial charge in [-0.3, -0.25) is 9.79 Å². The van der Waals surface area contributed by atoms with Crippen molar-refractivity contribution in [2.75, 3.05) is 46.3 Å². The first-order valence-corrected chi connectivity index (χ1v) is 11.5. The Labute approximate surface area is 173 Å². The quantitative estimate of drug-likeness (QED) is 0.415. The molecule has 3 rings (SSSR count). The molecule has 1 saturated heterocycles. The molecule has 0 saturated carbocycles. The maximum atomic E-state index is 12.5. The lowest BCUT2D eigenvalue weighted by atomic mass is 9.99. The number of likely N-dealkylation sites (tertiary alicyclic amines) is 1. The number of guanidine groups is 1. The summed E-state index contributed by atoms with van der Waals surface area (Å²) in [5.41, 5.74) is 1.32. The van der Waals surface area contributed by atoms with Crippen LogP contribution in [0.3, 0.4) is 0 Å². The van der Waals surface area contributed by atoms with Crippen LogP contribution in [0.15, 0.2) is 16.4 Å². The van der Waals surface area contributed by atoms with Gasteiger partial charge in [-0.15, -0.1) is 11.3 Å². The lowest BCUT2D eigenvalue weighted by Crippen LogP contribution is -2.42. The van der Waals surface area contributed by atoms with Crippen LogP contribution in [0, 0.1) is 5.92 Å². The Morgan fingerprint density at radius 3 is 2.82 bits per heavy atom. The monoisotopic (exact) mass is 405 g/mol. The van der Waals surface area contributed by atoms with E-state index in [0.29, 0.717) is 13.0 Å². The molecule has 0 spiro atoms. The minimum absolute atomic E-state index is 0.221. The van der Waals surface area contributed by atoms with E-state index < -0.39 is 0 Å². The van der Waals surface area contributed by atoms with Crippen LogP contribution in [-0.4, -0.2) is 68.0 Å². The van der Waals surface area contributed by atoms with Gasteiger partial charge in [-0.05, 0) is 68.2 Å². The van der Waals surface area contributed by atoms with Crippen molar-refractivity contribution in [1.29, 1.82) is 0 Å². The summed E-state index contributed by atoms with van der Waals surface area (Å²) in [4.78, 5) is 22.7. The molecule has 0 bridgehead atoms. The molecule has 7 heteroatoms. The summed E-state index contributed by atoms with van der Waals surface area (Å²) in [7, 11) is 1.78. The van der Waals surface area contributed by atoms with Gasteiger partial charge in [-0.25, -0.2) is 0 Å². The molecular weight excluding hydrogens is 370 g/mol. The molecule has 0 atom stereocenters. The van der Waals surface area contributed by atoms with Crippen LogP contribution in [0.25, 0.3) is 0 Å². The molecule has 3 heterocycles. The van der Waals surface area contributed by atoms with Crippen molar-refractivity contribution in [2.45, 2.75) is 45.6 Å². The highest BCUT2D eigenvalue weighted by molar-refractivity contribution is 7.10. The number of amides is 1. The van der Waals surface area contributed by atoms with E-state index in [-0.39, 0.29) is 5.91 Å². The number of hydrogen-bond donors (Lipinski definition) is 2. The van der Waals surface area contributed by atoms with Gasteiger partial charge in [0.15, 0.2) is 5.96 Å². The fourth-order valence-corrected chi connectivity index (χ4v) is 4.81. The minimum Gasteiger partial charge on any atom is -0.356 e. The van der Waals surface area contributed by atoms with Gasteiger partial charge in [0, 0.05) is 44.5 Å². The zero-order chi connectivity index (χ0) is 19.8. The van der Waals surface area contributed by atoms with Gasteiger partial charge >= 0.3 is 0 Å². The molecule has 0 aliphatic carbocycles. The molecule has 1 aromatic heterocycles. The third kappa shape index (κ3) is 6.21. The van der Waals surface area contributed by atoms with E-state index in [4.69, 9.17) is 0 Å². The summed E-state index contributed by atoms with van der Waals surface area (Å²) in [6.45, 7) is 9.11. The molecule has 0 unspecified atom stereocenters. The second-order valence-corrected chi connectivity index (χ2v) is 8.99. The topological polar surface area (TPSA) is 60.0 Å². The van der Waals surface area contributed by atoms with Crippen molar-refractivity contribution in [1.82, 2.24) is 20.4 Å². The van der Waals surface area contributed by atoms with Crippen molar-refractivity contribution in [2.24, 2.45) is 10.9 Å². The smallest absolute Gasteiger partial charge is 0.224 e. The molecule has 0 aromatic carbocycles. The normalized spacial score (nSPS) is 18.8. The maximum Gasteiger partial charge on any atom is 0.224 e. The molecule has 1 amide bonds. The average molecular weight is 406 g/mol. The molecule has 156 valence electrons. The molecule has 0 radical (unpaired) electrons. The van der Waals surface area contributed by atoms with Crippen LogP contribution >= 0.6 is 11.3 Å². The summed E-state index contributed by atoms with van der Waals surface area (Å²) >= 11 is 1.80. The van der Waals surface area contributed by atoms with Crippen molar-refractivity contribution >= 4 is 23.2 Å². The molecule has 28 heavy (non-hydrogen) atoms. The molecule has 1 fully saturated rings. The fraction of sp³-hybridized carbons (Fsp3) is 0.714. The number of rotatable bonds is 7. The molecule has 2 aliphatic heterocycles. The Hall–Kier alpha value is -1.60. The Morgan fingerprint density at radius 1 is 1.25 bits per heavy atom. The van der Waals surface area contributed by atoms with E-state index in [1.165, 1.54) is 36.4 Å². The molecule has 6 nitrogen and oxygen atoms in total. The molecule has 2 aliphatic rings. The third-order valence-corrected chi connectivity index (χ3v) is 6.86. The van der Waals surface area contributed by atoms with E-state index >= 15 is 0 Å². The highest BCUT2D eigenvalue weighted by Gasteiger charge is 2.21. The highest BCUT2D eigenvalue weighted by atomic mass is 32.1. The number of aliphatic imine (C=N–C) groups is 1. The van der Waals surface area contributed by atoms with Crippen LogP contribution in [0.1, 0.15) is 43.0 Å². The van der Waals surface area contributed by atoms with Gasteiger partial charge in [0.2, 0.25) is 5.91 Å². The van der Waals surface area contributed by atoms with Crippen LogP contribution in [0.5, 0.6) is 0 Å². The number of hydrogen-bond acceptors (Lipinski definition) is 4. The average Bonchev–Trinajstić information content (AvgIpc) is 3.18. The van der Waals surface area contributed by atoms with Gasteiger partial charge in [-0.1, -0.05) is 6.92 Å². The SMILES string of the molecule is CN=C(NCCCN1CCC(C)CC1)NCCC(=O)N1CCc2sccc2C1. The second-order valence-electron chi connectivity index (χ2n) is 7.99. The number of fused-ring (bicyclic) bond motifs is 1. The first-order valence-electron chi connectivity index (χ1n) is 10.7. The minimum atomic E-state index is 0.221. The van der Waals surface area contributed by atoms with Crippen molar-refractivity contribution in [3.8, 4) is 0 Å². The molecule has 1 aromatic rings. The van der Waals surface area contributed by atoms with Crippen LogP contribution < -0.4 is 10.6 Å². The van der Waals surface area contributed by atoms with Crippen LogP contribution in [0.2, 0.25) is 0 Å². The molecular formula is C21H35N5OS. The number of nitrogens with zero attached hydrogens (tertiary/aromatic N) is 3. The summed E-state index contributed by atoms with van der Waals surface area (Å²) < 4.78 is 0. The highest BCUT2D eigenvalue weighted by Crippen LogP contribution is 2.24. The fourth-order valence-electron chi connectivity index (χ4n) is 3.92. The first-order chi connectivity index (χ1) is 13.7. The number of carbonyl (C=O) groups excluding carboxylic acids is 1. The standard InChI is InChI=1S/C21H35N5OS/c1-17-5-12-25(13-6-17)11-3-9-23-21(22-2)24-10-4-20(27)26-14-7-19-18(16-26)8-15-28-19/h8,15,17H,3-7,9-14,16H2,1-2H3,(H2,22,23,24). The van der Waals surface area contributed by atoms with E-state index in [0.717, 1.165) is 50.9 Å². The van der Waals surface area contributed by atoms with Gasteiger partial charge in [0.25, 0.3) is 0 Å². The van der Waals surface area contributed by atoms with Crippen LogP contribution in [0.4, 0.5) is 0 Å². The van der Waals surface area contributed by atoms with Crippen LogP contribution in [-0.2, 0) is 17.8 Å². The zero-order valence-corrected chi connectivity index (χ0v) is 18.2. The largest absolute Gasteiger partial charge is 0.356 e. The number of piperidine rings is 1. The lowest BCUT2D eigenvalue weighted by Gasteiger charge is -2.30. The van der Waals surface area contributed by atoms with E-state index in [9.17, 15) is 4.79 Å². The second kappa shape index (κ2) is 10.8. The Bertz CT molecular complexity index is 651. The number of nitrogens with one attached hydrogen (secondary N) is 2. The van der Waals surface area contributed by atoms with Gasteiger partial charge in [-0.2, -0.15) is 0 Å². The summed E-state index contributed by atoms with van der Waals surface area (Å²) in [6.07, 6.45) is 5.27. The van der Waals surface area contributed by atoms with Crippen molar-refractivity contribution in [3.63, 3.8) is 0 Å². The van der Waals surface area contributed by atoms with Gasteiger partial charge < -0.3 is 20.4 Å². The van der Waals surface area contributed by atoms with E-state index in [2.05, 4.69) is 38.9 Å². The number of thiophene rings is 1. The Balaban J connectivity index is 1.27. The zero-order valence-electron chi connectivity index (χ0n) is 17.4. The molecule has 2 N–H and O–H groups in total. The number of carbonyl (C=O) groups is 1. The summed E-state index contributed by atoms with van der Waals surface area (Å²) in [5, 5.41) is 8.77. The summed E-state index contributed by atoms with van der Waals surface area (Å²) in [6, 6.07) is 2.15. The predicted octanol–water partition coefficient (Wildman–Crippen LogP) is 2.31. The van der Waals surface area contributed by atoms with Crippen molar-refractivity contribution < 1.29 is 4.79 Å². The lowest BCUT2D eigenvalue weighted by molar-refractivity contribution is -0.131. The third-order valence-electron chi connectivity index (χ3n) is 5.84. The van der Waals surface area contributed by atoms with Crippen molar-refractivity contribution in [3.05, 3.63) is 21.9 Å². The van der Waals surface area contributed by atoms with Gasteiger partial charge in [0.1, 0.15) is 0 Å². The Kier molecular flexibility index (Phi) is 8.15. The van der Waals surface area contributed by atoms with E-state index in [1.807, 2.05) is 4.90 Å². The van der Waals surface area contributed by atoms with Gasteiger partial charge in [0.05, 0.1) is 0 Å². The Morgan fingerprint density at radius 2 is 2.04 bits per heavy atom. The van der Waals surface area contributed by atoms with E-state index in [1.54, 1.807) is 18.4 Å².